The molecule has 0 spiro atoms. The second-order valence-corrected chi connectivity index (χ2v) is 8.66. The fourth-order valence-corrected chi connectivity index (χ4v) is 3.79. The van der Waals surface area contributed by atoms with Crippen LogP contribution < -0.4 is 20.3 Å². The number of benzene rings is 1. The van der Waals surface area contributed by atoms with E-state index in [1.54, 1.807) is 0 Å². The van der Waals surface area contributed by atoms with E-state index in [4.69, 9.17) is 9.84 Å². The van der Waals surface area contributed by atoms with Gasteiger partial charge in [-0.1, -0.05) is 0 Å². The van der Waals surface area contributed by atoms with E-state index in [0.29, 0.717) is 29.1 Å². The van der Waals surface area contributed by atoms with Gasteiger partial charge in [-0.25, -0.2) is 4.79 Å². The highest BCUT2D eigenvalue weighted by molar-refractivity contribution is 5.90. The van der Waals surface area contributed by atoms with Gasteiger partial charge in [0.2, 0.25) is 5.75 Å². The quantitative estimate of drug-likeness (QED) is 0.437. The average molecular weight is 464 g/mol. The maximum Gasteiger partial charge on any atom is 0.511 e. The normalized spacial score (nSPS) is 12.9. The second kappa shape index (κ2) is 8.40. The summed E-state index contributed by atoms with van der Waals surface area (Å²) in [5.41, 5.74) is 2.61. The van der Waals surface area contributed by atoms with Crippen LogP contribution in [0.15, 0.2) is 23.0 Å². The number of nitrogens with one attached hydrogen (secondary N) is 2. The lowest BCUT2D eigenvalue weighted by Crippen LogP contribution is -2.35. The van der Waals surface area contributed by atoms with Crippen LogP contribution in [0.4, 0.5) is 4.79 Å². The number of rotatable bonds is 3. The summed E-state index contributed by atoms with van der Waals surface area (Å²) in [6.45, 7) is 7.25. The molecule has 172 valence electrons. The number of nitrogens with zero attached hydrogens (tertiary/aromatic N) is 1. The lowest BCUT2D eigenvalue weighted by molar-refractivity contribution is 0.142. The Morgan fingerprint density at radius 3 is 2.69 bits per heavy atom. The highest BCUT2D eigenvalue weighted by atomic mass is 35.5. The molecule has 3 aromatic rings. The van der Waals surface area contributed by atoms with Crippen LogP contribution >= 0.6 is 12.4 Å². The van der Waals surface area contributed by atoms with E-state index < -0.39 is 23.2 Å². The molecule has 10 heteroatoms. The topological polar surface area (TPSA) is 126 Å². The van der Waals surface area contributed by atoms with Crippen LogP contribution in [0.2, 0.25) is 0 Å². The molecule has 0 unspecified atom stereocenters. The SMILES string of the molecule is Cl.Cn1c(CNC(C)(C)C)cc2cc3c(cc21)OCCc1c-3[nH]c(=O)c(OC(=O)O)c1O. The summed E-state index contributed by atoms with van der Waals surface area (Å²) in [7, 11) is 1.99. The molecule has 1 aliphatic heterocycles. The summed E-state index contributed by atoms with van der Waals surface area (Å²) in [5.74, 6) is -0.545. The fraction of sp³-hybridized carbons (Fsp3) is 0.364. The van der Waals surface area contributed by atoms with Crippen molar-refractivity contribution in [2.45, 2.75) is 39.3 Å². The Balaban J connectivity index is 0.00000289. The van der Waals surface area contributed by atoms with Gasteiger partial charge in [0.15, 0.2) is 5.75 Å². The van der Waals surface area contributed by atoms with Gasteiger partial charge in [0.05, 0.1) is 17.8 Å². The first-order valence-corrected chi connectivity index (χ1v) is 9.94. The van der Waals surface area contributed by atoms with Gasteiger partial charge < -0.3 is 34.6 Å². The lowest BCUT2D eigenvalue weighted by atomic mass is 10.0. The van der Waals surface area contributed by atoms with Gasteiger partial charge in [-0.05, 0) is 32.9 Å². The van der Waals surface area contributed by atoms with E-state index in [1.165, 1.54) is 0 Å². The van der Waals surface area contributed by atoms with Gasteiger partial charge in [-0.3, -0.25) is 4.79 Å². The van der Waals surface area contributed by atoms with E-state index in [9.17, 15) is 14.7 Å². The summed E-state index contributed by atoms with van der Waals surface area (Å²) in [4.78, 5) is 26.0. The number of carbonyl (C=O) groups is 1. The Morgan fingerprint density at radius 1 is 1.31 bits per heavy atom. The van der Waals surface area contributed by atoms with Crippen molar-refractivity contribution in [1.82, 2.24) is 14.9 Å². The number of H-pyrrole nitrogens is 1. The van der Waals surface area contributed by atoms with Crippen molar-refractivity contribution in [1.29, 1.82) is 0 Å². The number of carboxylic acid groups (broad SMARTS) is 1. The van der Waals surface area contributed by atoms with Crippen LogP contribution in [-0.2, 0) is 20.0 Å². The maximum absolute atomic E-state index is 12.4. The van der Waals surface area contributed by atoms with Crippen molar-refractivity contribution in [3.8, 4) is 28.5 Å². The Hall–Kier alpha value is -3.17. The van der Waals surface area contributed by atoms with Crippen LogP contribution in [0.25, 0.3) is 22.2 Å². The fourth-order valence-electron chi connectivity index (χ4n) is 3.79. The van der Waals surface area contributed by atoms with E-state index in [2.05, 4.69) is 46.4 Å². The average Bonchev–Trinajstić information content (AvgIpc) is 2.87. The van der Waals surface area contributed by atoms with Gasteiger partial charge in [0.1, 0.15) is 5.75 Å². The van der Waals surface area contributed by atoms with Crippen molar-refractivity contribution in [3.05, 3.63) is 39.8 Å². The number of aromatic nitrogens is 2. The molecule has 0 aliphatic carbocycles. The van der Waals surface area contributed by atoms with E-state index >= 15 is 0 Å². The molecule has 9 nitrogen and oxygen atoms in total. The van der Waals surface area contributed by atoms with Gasteiger partial charge in [-0.15, -0.1) is 12.4 Å². The molecule has 0 saturated carbocycles. The zero-order chi connectivity index (χ0) is 22.5. The Morgan fingerprint density at radius 2 is 2.03 bits per heavy atom. The summed E-state index contributed by atoms with van der Waals surface area (Å²) in [6, 6.07) is 5.89. The third kappa shape index (κ3) is 4.26. The van der Waals surface area contributed by atoms with E-state index in [1.807, 2.05) is 19.2 Å². The summed E-state index contributed by atoms with van der Waals surface area (Å²) in [6.07, 6.45) is -1.40. The van der Waals surface area contributed by atoms with Gasteiger partial charge in [-0.2, -0.15) is 0 Å². The minimum absolute atomic E-state index is 0. The van der Waals surface area contributed by atoms with Gasteiger partial charge in [0, 0.05) is 53.8 Å². The zero-order valence-electron chi connectivity index (χ0n) is 18.2. The maximum atomic E-state index is 12.4. The molecule has 4 N–H and O–H groups in total. The van der Waals surface area contributed by atoms with Crippen molar-refractivity contribution in [2.24, 2.45) is 7.05 Å². The number of hydrogen-bond donors (Lipinski definition) is 4. The van der Waals surface area contributed by atoms with Crippen molar-refractivity contribution >= 4 is 29.5 Å². The molecule has 1 aromatic carbocycles. The smallest absolute Gasteiger partial charge is 0.504 e. The molecule has 0 amide bonds. The largest absolute Gasteiger partial charge is 0.511 e. The molecule has 0 atom stereocenters. The van der Waals surface area contributed by atoms with Gasteiger partial charge >= 0.3 is 6.16 Å². The Bertz CT molecular complexity index is 1260. The zero-order valence-corrected chi connectivity index (χ0v) is 19.1. The van der Waals surface area contributed by atoms with Gasteiger partial charge in [0.25, 0.3) is 5.56 Å². The third-order valence-corrected chi connectivity index (χ3v) is 5.36. The standard InChI is InChI=1S/C22H25N3O6.ClH/c1-22(2,3)23-10-12-7-11-8-14-16(9-15(11)25(12)4)30-6-5-13-17(14)24-20(27)19(18(13)26)31-21(28)29;/h7-9,23H,5-6,10H2,1-4H3,(H,28,29)(H2,24,26,27);1H. The minimum atomic E-state index is -1.67. The minimum Gasteiger partial charge on any atom is -0.504 e. The van der Waals surface area contributed by atoms with Crippen LogP contribution in [-0.4, -0.2) is 38.1 Å². The molecule has 0 fully saturated rings. The first-order chi connectivity index (χ1) is 14.5. The first-order valence-electron chi connectivity index (χ1n) is 9.94. The first kappa shape index (κ1) is 23.5. The molecular weight excluding hydrogens is 438 g/mol. The Kier molecular flexibility index (Phi) is 6.17. The second-order valence-electron chi connectivity index (χ2n) is 8.66. The number of fused-ring (bicyclic) bond motifs is 4. The predicted molar refractivity (Wildman–Crippen MR) is 122 cm³/mol. The number of aromatic amines is 1. The number of halogens is 1. The Labute approximate surface area is 190 Å². The molecule has 4 rings (SSSR count). The van der Waals surface area contributed by atoms with Crippen LogP contribution in [0.3, 0.4) is 0 Å². The molecule has 0 bridgehead atoms. The van der Waals surface area contributed by atoms with Crippen molar-refractivity contribution in [3.63, 3.8) is 0 Å². The van der Waals surface area contributed by atoms with Crippen LogP contribution in [0, 0.1) is 0 Å². The number of hydrogen-bond acceptors (Lipinski definition) is 6. The summed E-state index contributed by atoms with van der Waals surface area (Å²) < 4.78 is 12.5. The molecular formula is C22H26ClN3O6. The highest BCUT2D eigenvalue weighted by Crippen LogP contribution is 2.41. The molecule has 0 saturated heterocycles. The number of aryl methyl sites for hydroxylation is 1. The summed E-state index contributed by atoms with van der Waals surface area (Å²) >= 11 is 0. The predicted octanol–water partition coefficient (Wildman–Crippen LogP) is 3.54. The molecule has 1 aliphatic rings. The van der Waals surface area contributed by atoms with E-state index in [-0.39, 0.29) is 31.0 Å². The number of pyridine rings is 1. The molecule has 3 heterocycles. The van der Waals surface area contributed by atoms with Crippen LogP contribution in [0.5, 0.6) is 17.2 Å². The number of aromatic hydroxyl groups is 1. The van der Waals surface area contributed by atoms with Crippen molar-refractivity contribution < 1.29 is 24.5 Å². The number of ether oxygens (including phenoxy) is 2. The third-order valence-electron chi connectivity index (χ3n) is 5.36. The summed E-state index contributed by atoms with van der Waals surface area (Å²) in [5, 5.41) is 23.8. The lowest BCUT2D eigenvalue weighted by Gasteiger charge is -2.20. The van der Waals surface area contributed by atoms with Crippen LogP contribution in [0.1, 0.15) is 32.0 Å². The molecule has 2 aromatic heterocycles. The van der Waals surface area contributed by atoms with Crippen molar-refractivity contribution in [2.75, 3.05) is 6.61 Å². The monoisotopic (exact) mass is 463 g/mol. The molecule has 32 heavy (non-hydrogen) atoms. The highest BCUT2D eigenvalue weighted by Gasteiger charge is 2.26. The molecule has 0 radical (unpaired) electrons. The van der Waals surface area contributed by atoms with E-state index in [0.717, 1.165) is 16.6 Å².